The molecule has 1 aliphatic heterocycles. The van der Waals surface area contributed by atoms with Crippen molar-refractivity contribution in [2.75, 3.05) is 13.2 Å². The molecule has 4 atom stereocenters. The molecule has 6 heteroatoms. The van der Waals surface area contributed by atoms with E-state index in [2.05, 4.69) is 6.92 Å². The molecule has 1 fully saturated rings. The Morgan fingerprint density at radius 1 is 0.963 bits per heavy atom. The summed E-state index contributed by atoms with van der Waals surface area (Å²) in [5.41, 5.74) is 0. The quantitative estimate of drug-likeness (QED) is 0.267. The standard InChI is InChI=1S/C21H40O5S/c1-2-3-4-5-6-7-8-9-10-11-12-13-14-19(27)26-18(15-22)21-20(24)17(23)16-25-21/h17-18,20-24H,2-16H2,1H3. The van der Waals surface area contributed by atoms with Crippen molar-refractivity contribution in [2.45, 2.75) is 115 Å². The molecule has 0 radical (unpaired) electrons. The van der Waals surface area contributed by atoms with Gasteiger partial charge in [0.1, 0.15) is 18.3 Å². The van der Waals surface area contributed by atoms with E-state index in [9.17, 15) is 15.3 Å². The minimum atomic E-state index is -1.04. The van der Waals surface area contributed by atoms with Gasteiger partial charge in [0.05, 0.1) is 13.2 Å². The van der Waals surface area contributed by atoms with Crippen molar-refractivity contribution in [1.29, 1.82) is 0 Å². The van der Waals surface area contributed by atoms with E-state index in [1.54, 1.807) is 0 Å². The summed E-state index contributed by atoms with van der Waals surface area (Å²) in [7, 11) is 0. The number of thiocarbonyl (C=S) groups is 1. The average Bonchev–Trinajstić information content (AvgIpc) is 2.99. The van der Waals surface area contributed by atoms with Gasteiger partial charge in [0.25, 0.3) is 0 Å². The Hall–Kier alpha value is -0.270. The van der Waals surface area contributed by atoms with Crippen LogP contribution in [-0.4, -0.2) is 58.0 Å². The molecule has 1 saturated heterocycles. The number of hydrogen-bond acceptors (Lipinski definition) is 6. The van der Waals surface area contributed by atoms with Crippen LogP contribution in [0.5, 0.6) is 0 Å². The molecule has 1 heterocycles. The number of aliphatic hydroxyl groups excluding tert-OH is 3. The fourth-order valence-electron chi connectivity index (χ4n) is 3.50. The van der Waals surface area contributed by atoms with Crippen molar-refractivity contribution in [3.63, 3.8) is 0 Å². The first-order chi connectivity index (χ1) is 13.1. The largest absolute Gasteiger partial charge is 0.479 e. The van der Waals surface area contributed by atoms with E-state index >= 15 is 0 Å². The first-order valence-corrected chi connectivity index (χ1v) is 11.3. The van der Waals surface area contributed by atoms with E-state index in [1.165, 1.54) is 64.2 Å². The first kappa shape index (κ1) is 24.8. The third kappa shape index (κ3) is 10.7. The van der Waals surface area contributed by atoms with Crippen LogP contribution in [0.2, 0.25) is 0 Å². The normalized spacial score (nSPS) is 23.5. The third-order valence-corrected chi connectivity index (χ3v) is 5.55. The van der Waals surface area contributed by atoms with Crippen LogP contribution in [0.3, 0.4) is 0 Å². The molecule has 0 spiro atoms. The van der Waals surface area contributed by atoms with Crippen molar-refractivity contribution in [2.24, 2.45) is 0 Å². The highest BCUT2D eigenvalue weighted by Gasteiger charge is 2.41. The van der Waals surface area contributed by atoms with Crippen LogP contribution < -0.4 is 0 Å². The molecule has 1 aliphatic rings. The lowest BCUT2D eigenvalue weighted by Gasteiger charge is -2.25. The second-order valence-electron chi connectivity index (χ2n) is 7.71. The van der Waals surface area contributed by atoms with Crippen LogP contribution in [0.1, 0.15) is 90.4 Å². The van der Waals surface area contributed by atoms with E-state index < -0.39 is 24.4 Å². The minimum Gasteiger partial charge on any atom is -0.479 e. The second-order valence-corrected chi connectivity index (χ2v) is 8.16. The van der Waals surface area contributed by atoms with Crippen molar-refractivity contribution in [3.05, 3.63) is 0 Å². The van der Waals surface area contributed by atoms with Crippen LogP contribution in [0.4, 0.5) is 0 Å². The summed E-state index contributed by atoms with van der Waals surface area (Å²) in [5.74, 6) is 0. The fraction of sp³-hybridized carbons (Fsp3) is 0.952. The van der Waals surface area contributed by atoms with Gasteiger partial charge in [-0.05, 0) is 18.6 Å². The zero-order valence-electron chi connectivity index (χ0n) is 17.0. The molecule has 0 aliphatic carbocycles. The fourth-order valence-corrected chi connectivity index (χ4v) is 3.77. The maximum Gasteiger partial charge on any atom is 0.160 e. The number of aliphatic hydroxyl groups is 3. The lowest BCUT2D eigenvalue weighted by Crippen LogP contribution is -2.42. The molecule has 1 rings (SSSR count). The molecular formula is C21H40O5S. The van der Waals surface area contributed by atoms with Gasteiger partial charge in [0, 0.05) is 6.42 Å². The van der Waals surface area contributed by atoms with Gasteiger partial charge in [-0.25, -0.2) is 0 Å². The lowest BCUT2D eigenvalue weighted by molar-refractivity contribution is -0.0621. The lowest BCUT2D eigenvalue weighted by atomic mass is 10.0. The molecule has 0 aromatic rings. The molecule has 0 aromatic heterocycles. The van der Waals surface area contributed by atoms with Gasteiger partial charge in [0.15, 0.2) is 11.2 Å². The van der Waals surface area contributed by atoms with Crippen molar-refractivity contribution in [3.8, 4) is 0 Å². The average molecular weight is 405 g/mol. The molecule has 0 bridgehead atoms. The molecule has 3 N–H and O–H groups in total. The Morgan fingerprint density at radius 3 is 1.93 bits per heavy atom. The predicted molar refractivity (Wildman–Crippen MR) is 112 cm³/mol. The Balaban J connectivity index is 1.97. The highest BCUT2D eigenvalue weighted by Crippen LogP contribution is 2.20. The summed E-state index contributed by atoms with van der Waals surface area (Å²) in [6, 6.07) is 0. The molecule has 0 saturated carbocycles. The van der Waals surface area contributed by atoms with Gasteiger partial charge < -0.3 is 24.8 Å². The van der Waals surface area contributed by atoms with Crippen molar-refractivity contribution < 1.29 is 24.8 Å². The molecule has 27 heavy (non-hydrogen) atoms. The second kappa shape index (κ2) is 15.6. The monoisotopic (exact) mass is 404 g/mol. The Bertz CT molecular complexity index is 380. The van der Waals surface area contributed by atoms with Crippen LogP contribution in [0.15, 0.2) is 0 Å². The molecule has 0 amide bonds. The van der Waals surface area contributed by atoms with Crippen molar-refractivity contribution >= 4 is 17.3 Å². The van der Waals surface area contributed by atoms with E-state index in [0.717, 1.165) is 12.8 Å². The highest BCUT2D eigenvalue weighted by molar-refractivity contribution is 7.80. The smallest absolute Gasteiger partial charge is 0.160 e. The Morgan fingerprint density at radius 2 is 1.48 bits per heavy atom. The van der Waals surface area contributed by atoms with Gasteiger partial charge in [-0.3, -0.25) is 0 Å². The minimum absolute atomic E-state index is 0.0528. The number of ether oxygens (including phenoxy) is 2. The molecule has 0 aromatic carbocycles. The van der Waals surface area contributed by atoms with Gasteiger partial charge in [-0.2, -0.15) is 0 Å². The van der Waals surface area contributed by atoms with Gasteiger partial charge in [-0.15, -0.1) is 0 Å². The maximum absolute atomic E-state index is 9.85. The number of hydrogen-bond donors (Lipinski definition) is 3. The SMILES string of the molecule is CCCCCCCCCCCCCCC(=S)OC(CO)C1OCC(O)C1O. The van der Waals surface area contributed by atoms with Crippen LogP contribution in [-0.2, 0) is 9.47 Å². The van der Waals surface area contributed by atoms with E-state index in [-0.39, 0.29) is 13.2 Å². The van der Waals surface area contributed by atoms with E-state index in [1.807, 2.05) is 0 Å². The maximum atomic E-state index is 9.85. The zero-order chi connectivity index (χ0) is 19.9. The third-order valence-electron chi connectivity index (χ3n) is 5.25. The van der Waals surface area contributed by atoms with Gasteiger partial charge in [-0.1, -0.05) is 77.6 Å². The molecule has 4 unspecified atom stereocenters. The number of rotatable bonds is 16. The topological polar surface area (TPSA) is 79.2 Å². The van der Waals surface area contributed by atoms with Gasteiger partial charge in [0.2, 0.25) is 0 Å². The Labute approximate surface area is 170 Å². The van der Waals surface area contributed by atoms with Crippen LogP contribution in [0, 0.1) is 0 Å². The molecule has 5 nitrogen and oxygen atoms in total. The van der Waals surface area contributed by atoms with Gasteiger partial charge >= 0.3 is 0 Å². The zero-order valence-corrected chi connectivity index (χ0v) is 17.8. The summed E-state index contributed by atoms with van der Waals surface area (Å²) in [5, 5.41) is 29.3. The van der Waals surface area contributed by atoms with Crippen LogP contribution >= 0.6 is 12.2 Å². The Kier molecular flexibility index (Phi) is 14.3. The summed E-state index contributed by atoms with van der Waals surface area (Å²) in [6.45, 7) is 2.01. The summed E-state index contributed by atoms with van der Waals surface area (Å²) < 4.78 is 10.9. The first-order valence-electron chi connectivity index (χ1n) is 10.9. The molecular weight excluding hydrogens is 364 g/mol. The van der Waals surface area contributed by atoms with Crippen LogP contribution in [0.25, 0.3) is 0 Å². The summed E-state index contributed by atoms with van der Waals surface area (Å²) in [4.78, 5) is 0. The number of unbranched alkanes of at least 4 members (excludes halogenated alkanes) is 11. The predicted octanol–water partition coefficient (Wildman–Crippen LogP) is 3.90. The molecule has 160 valence electrons. The van der Waals surface area contributed by atoms with E-state index in [4.69, 9.17) is 21.7 Å². The highest BCUT2D eigenvalue weighted by atomic mass is 32.1. The van der Waals surface area contributed by atoms with E-state index in [0.29, 0.717) is 11.5 Å². The van der Waals surface area contributed by atoms with Crippen molar-refractivity contribution in [1.82, 2.24) is 0 Å². The summed E-state index contributed by atoms with van der Waals surface area (Å²) >= 11 is 5.25. The summed E-state index contributed by atoms with van der Waals surface area (Å²) in [6.07, 6.45) is 12.7.